The fourth-order valence-electron chi connectivity index (χ4n) is 2.23. The summed E-state index contributed by atoms with van der Waals surface area (Å²) in [5, 5.41) is 5.04. The number of rotatable bonds is 4. The molecule has 0 heterocycles. The third-order valence-corrected chi connectivity index (χ3v) is 3.57. The second-order valence-corrected chi connectivity index (χ2v) is 5.40. The van der Waals surface area contributed by atoms with Crippen molar-refractivity contribution < 1.29 is 22.4 Å². The molecule has 0 aromatic heterocycles. The average Bonchev–Trinajstić information content (AvgIpc) is 2.49. The van der Waals surface area contributed by atoms with E-state index in [2.05, 4.69) is 10.6 Å². The molecule has 0 aliphatic heterocycles. The molecule has 0 unspecified atom stereocenters. The zero-order valence-corrected chi connectivity index (χ0v) is 13.0. The number of urea groups is 1. The van der Waals surface area contributed by atoms with Gasteiger partial charge in [-0.1, -0.05) is 12.1 Å². The molecule has 7 heteroatoms. The molecule has 2 N–H and O–H groups in total. The van der Waals surface area contributed by atoms with E-state index in [0.29, 0.717) is 5.56 Å². The monoisotopic (exact) mass is 340 g/mol. The standard InChI is InChI=1S/C17H16F4N2O/c1-9(11-3-6-14(19)16(21)7-11)22-17(24)23-10(2)13-5-4-12(18)8-15(13)20/h3-10H,1-2H3,(H2,22,23,24)/t9-,10-/m0/s1. The Balaban J connectivity index is 2.00. The van der Waals surface area contributed by atoms with Gasteiger partial charge in [-0.3, -0.25) is 0 Å². The molecule has 0 aliphatic rings. The lowest BCUT2D eigenvalue weighted by Crippen LogP contribution is -2.38. The molecule has 128 valence electrons. The highest BCUT2D eigenvalue weighted by Gasteiger charge is 2.16. The third kappa shape index (κ3) is 4.24. The molecule has 0 saturated carbocycles. The molecule has 0 aliphatic carbocycles. The fourth-order valence-corrected chi connectivity index (χ4v) is 2.23. The Hall–Kier alpha value is -2.57. The number of carbonyl (C=O) groups excluding carboxylic acids is 1. The van der Waals surface area contributed by atoms with Crippen molar-refractivity contribution in [3.8, 4) is 0 Å². The number of carbonyl (C=O) groups is 1. The summed E-state index contributed by atoms with van der Waals surface area (Å²) in [6.45, 7) is 3.13. The van der Waals surface area contributed by atoms with Crippen LogP contribution >= 0.6 is 0 Å². The van der Waals surface area contributed by atoms with Crippen LogP contribution in [0.15, 0.2) is 36.4 Å². The Morgan fingerprint density at radius 2 is 1.50 bits per heavy atom. The molecular weight excluding hydrogens is 324 g/mol. The normalized spacial score (nSPS) is 13.2. The van der Waals surface area contributed by atoms with Crippen molar-refractivity contribution in [1.29, 1.82) is 0 Å². The molecule has 2 rings (SSSR count). The quantitative estimate of drug-likeness (QED) is 0.798. The Labute approximate surface area is 136 Å². The van der Waals surface area contributed by atoms with E-state index in [1.165, 1.54) is 19.1 Å². The van der Waals surface area contributed by atoms with E-state index in [1.807, 2.05) is 0 Å². The summed E-state index contributed by atoms with van der Waals surface area (Å²) in [5.74, 6) is -3.46. The Bertz CT molecular complexity index is 751. The first-order chi connectivity index (χ1) is 11.3. The number of hydrogen-bond acceptors (Lipinski definition) is 1. The average molecular weight is 340 g/mol. The maximum Gasteiger partial charge on any atom is 0.315 e. The smallest absolute Gasteiger partial charge is 0.315 e. The predicted molar refractivity (Wildman–Crippen MR) is 81.2 cm³/mol. The summed E-state index contributed by atoms with van der Waals surface area (Å²) in [4.78, 5) is 12.0. The third-order valence-electron chi connectivity index (χ3n) is 3.57. The van der Waals surface area contributed by atoms with E-state index in [-0.39, 0.29) is 5.56 Å². The highest BCUT2D eigenvalue weighted by Crippen LogP contribution is 2.19. The number of benzene rings is 2. The van der Waals surface area contributed by atoms with Gasteiger partial charge in [-0.25, -0.2) is 22.4 Å². The van der Waals surface area contributed by atoms with Crippen LogP contribution in [0.3, 0.4) is 0 Å². The molecule has 2 atom stereocenters. The minimum absolute atomic E-state index is 0.132. The molecule has 0 spiro atoms. The summed E-state index contributed by atoms with van der Waals surface area (Å²) < 4.78 is 52.7. The number of amides is 2. The van der Waals surface area contributed by atoms with Crippen molar-refractivity contribution in [3.63, 3.8) is 0 Å². The summed E-state index contributed by atoms with van der Waals surface area (Å²) in [7, 11) is 0. The van der Waals surface area contributed by atoms with Crippen LogP contribution in [0.5, 0.6) is 0 Å². The van der Waals surface area contributed by atoms with Gasteiger partial charge in [0, 0.05) is 11.6 Å². The first-order valence-electron chi connectivity index (χ1n) is 7.25. The van der Waals surface area contributed by atoms with Gasteiger partial charge in [0.25, 0.3) is 0 Å². The van der Waals surface area contributed by atoms with Gasteiger partial charge >= 0.3 is 6.03 Å². The van der Waals surface area contributed by atoms with E-state index in [1.54, 1.807) is 6.92 Å². The van der Waals surface area contributed by atoms with Crippen molar-refractivity contribution in [2.24, 2.45) is 0 Å². The highest BCUT2D eigenvalue weighted by molar-refractivity contribution is 5.75. The van der Waals surface area contributed by atoms with E-state index in [0.717, 1.165) is 24.3 Å². The molecule has 0 bridgehead atoms. The van der Waals surface area contributed by atoms with Crippen LogP contribution in [0.4, 0.5) is 22.4 Å². The zero-order valence-electron chi connectivity index (χ0n) is 13.0. The van der Waals surface area contributed by atoms with Crippen molar-refractivity contribution in [3.05, 3.63) is 70.8 Å². The van der Waals surface area contributed by atoms with Gasteiger partial charge in [0.05, 0.1) is 12.1 Å². The topological polar surface area (TPSA) is 41.1 Å². The lowest BCUT2D eigenvalue weighted by Gasteiger charge is -2.19. The van der Waals surface area contributed by atoms with Crippen LogP contribution in [0.1, 0.15) is 37.1 Å². The number of nitrogens with one attached hydrogen (secondary N) is 2. The Morgan fingerprint density at radius 3 is 2.12 bits per heavy atom. The summed E-state index contributed by atoms with van der Waals surface area (Å²) in [6.07, 6.45) is 0. The summed E-state index contributed by atoms with van der Waals surface area (Å²) >= 11 is 0. The highest BCUT2D eigenvalue weighted by atomic mass is 19.2. The SMILES string of the molecule is C[C@H](NC(=O)N[C@@H](C)c1ccc(F)cc1F)c1ccc(F)c(F)c1. The van der Waals surface area contributed by atoms with Gasteiger partial charge in [-0.15, -0.1) is 0 Å². The van der Waals surface area contributed by atoms with Crippen molar-refractivity contribution in [2.45, 2.75) is 25.9 Å². The molecule has 2 amide bonds. The number of halogens is 4. The first-order valence-corrected chi connectivity index (χ1v) is 7.25. The van der Waals surface area contributed by atoms with Crippen LogP contribution in [-0.4, -0.2) is 6.03 Å². The fraction of sp³-hybridized carbons (Fsp3) is 0.235. The summed E-state index contributed by atoms with van der Waals surface area (Å²) in [6, 6.07) is 4.46. The van der Waals surface area contributed by atoms with Crippen molar-refractivity contribution in [2.75, 3.05) is 0 Å². The molecular formula is C17H16F4N2O. The largest absolute Gasteiger partial charge is 0.332 e. The summed E-state index contributed by atoms with van der Waals surface area (Å²) in [5.41, 5.74) is 0.511. The van der Waals surface area contributed by atoms with Crippen LogP contribution in [-0.2, 0) is 0 Å². The van der Waals surface area contributed by atoms with Gasteiger partial charge in [-0.2, -0.15) is 0 Å². The van der Waals surface area contributed by atoms with E-state index >= 15 is 0 Å². The van der Waals surface area contributed by atoms with Crippen LogP contribution in [0.25, 0.3) is 0 Å². The molecule has 24 heavy (non-hydrogen) atoms. The number of hydrogen-bond donors (Lipinski definition) is 2. The van der Waals surface area contributed by atoms with Crippen LogP contribution in [0.2, 0.25) is 0 Å². The lowest BCUT2D eigenvalue weighted by atomic mass is 10.1. The van der Waals surface area contributed by atoms with E-state index < -0.39 is 41.4 Å². The van der Waals surface area contributed by atoms with Crippen molar-refractivity contribution >= 4 is 6.03 Å². The second kappa shape index (κ2) is 7.33. The van der Waals surface area contributed by atoms with E-state index in [4.69, 9.17) is 0 Å². The lowest BCUT2D eigenvalue weighted by molar-refractivity contribution is 0.234. The predicted octanol–water partition coefficient (Wildman–Crippen LogP) is 4.36. The molecule has 0 saturated heterocycles. The van der Waals surface area contributed by atoms with Gasteiger partial charge in [0.2, 0.25) is 0 Å². The minimum atomic E-state index is -1.01. The maximum atomic E-state index is 13.7. The van der Waals surface area contributed by atoms with E-state index in [9.17, 15) is 22.4 Å². The molecule has 2 aromatic rings. The second-order valence-electron chi connectivity index (χ2n) is 5.40. The van der Waals surface area contributed by atoms with Gasteiger partial charge in [0.15, 0.2) is 11.6 Å². The Kier molecular flexibility index (Phi) is 5.43. The molecule has 0 fully saturated rings. The molecule has 0 radical (unpaired) electrons. The van der Waals surface area contributed by atoms with Crippen LogP contribution in [0, 0.1) is 23.3 Å². The van der Waals surface area contributed by atoms with Gasteiger partial charge in [-0.05, 0) is 37.6 Å². The van der Waals surface area contributed by atoms with Crippen molar-refractivity contribution in [1.82, 2.24) is 10.6 Å². The zero-order chi connectivity index (χ0) is 17.9. The maximum absolute atomic E-state index is 13.7. The minimum Gasteiger partial charge on any atom is -0.332 e. The molecule has 3 nitrogen and oxygen atoms in total. The molecule has 2 aromatic carbocycles. The Morgan fingerprint density at radius 1 is 0.833 bits per heavy atom. The first kappa shape index (κ1) is 17.8. The van der Waals surface area contributed by atoms with Gasteiger partial charge < -0.3 is 10.6 Å². The van der Waals surface area contributed by atoms with Crippen LogP contribution < -0.4 is 10.6 Å². The van der Waals surface area contributed by atoms with Gasteiger partial charge in [0.1, 0.15) is 11.6 Å².